The van der Waals surface area contributed by atoms with Gasteiger partial charge in [-0.05, 0) is 88.5 Å². The van der Waals surface area contributed by atoms with E-state index in [0.717, 1.165) is 25.0 Å². The third kappa shape index (κ3) is 4.83. The number of rotatable bonds is 7. The fraction of sp³-hybridized carbons (Fsp3) is 0.667. The first kappa shape index (κ1) is 33.0. The van der Waals surface area contributed by atoms with Gasteiger partial charge in [-0.1, -0.05) is 18.6 Å². The minimum atomic E-state index is -4.29. The van der Waals surface area contributed by atoms with Gasteiger partial charge in [0.15, 0.2) is 11.4 Å². The number of aliphatic hydroxyl groups is 2. The van der Waals surface area contributed by atoms with Gasteiger partial charge in [0.1, 0.15) is 23.1 Å². The molecule has 0 heterocycles. The highest BCUT2D eigenvalue weighted by atomic mass is 32.2. The molecule has 3 saturated carbocycles. The number of phenolic OH excluding ortho intramolecular Hbond substituents is 1. The van der Waals surface area contributed by atoms with Gasteiger partial charge in [0, 0.05) is 5.92 Å². The number of hydrogen-bond donors (Lipinski definition) is 3. The maximum atomic E-state index is 13.5. The summed E-state index contributed by atoms with van der Waals surface area (Å²) in [7, 11) is -8.01. The molecule has 5 rings (SSSR count). The van der Waals surface area contributed by atoms with Crippen LogP contribution in [0, 0.1) is 16.7 Å². The molecule has 0 aliphatic heterocycles. The summed E-state index contributed by atoms with van der Waals surface area (Å²) >= 11 is 0. The summed E-state index contributed by atoms with van der Waals surface area (Å²) < 4.78 is 65.9. The maximum absolute atomic E-state index is 13.5. The number of carbonyl (C=O) groups is 2. The van der Waals surface area contributed by atoms with Crippen LogP contribution in [-0.4, -0.2) is 85.4 Å². The van der Waals surface area contributed by atoms with E-state index in [4.69, 9.17) is 13.1 Å². The van der Waals surface area contributed by atoms with E-state index in [0.29, 0.717) is 12.8 Å². The summed E-state index contributed by atoms with van der Waals surface area (Å²) in [5.41, 5.74) is -8.03. The number of esters is 1. The largest absolute Gasteiger partial charge is 0.508 e. The molecule has 44 heavy (non-hydrogen) atoms. The van der Waals surface area contributed by atoms with E-state index in [1.165, 1.54) is 31.2 Å². The summed E-state index contributed by atoms with van der Waals surface area (Å²) in [4.78, 5) is 27.0. The molecule has 1 aromatic rings. The number of fused-ring (bicyclic) bond motifs is 5. The molecule has 0 spiro atoms. The molecule has 0 amide bonds. The summed E-state index contributed by atoms with van der Waals surface area (Å²) in [5.74, 6) is -2.37. The topological polar surface area (TPSA) is 191 Å². The van der Waals surface area contributed by atoms with Crippen molar-refractivity contribution in [2.45, 2.75) is 94.7 Å². The van der Waals surface area contributed by atoms with Crippen LogP contribution in [0.25, 0.3) is 0 Å². The van der Waals surface area contributed by atoms with Crippen LogP contribution in [0.5, 0.6) is 5.75 Å². The molecule has 0 saturated heterocycles. The van der Waals surface area contributed by atoms with Crippen LogP contribution in [-0.2, 0) is 38.1 Å². The number of carbonyl (C=O) groups excluding carboxylic acids is 2. The van der Waals surface area contributed by atoms with E-state index in [2.05, 4.69) is 0 Å². The average Bonchev–Trinajstić information content (AvgIpc) is 3.14. The summed E-state index contributed by atoms with van der Waals surface area (Å²) in [6.07, 6.45) is 2.02. The minimum absolute atomic E-state index is 0.0628. The smallest absolute Gasteiger partial charge is 0.338 e. The number of aromatic hydroxyl groups is 1. The molecule has 0 bridgehead atoms. The Morgan fingerprint density at radius 1 is 0.955 bits per heavy atom. The zero-order valence-corrected chi connectivity index (χ0v) is 27.0. The van der Waals surface area contributed by atoms with Gasteiger partial charge in [0.2, 0.25) is 0 Å². The van der Waals surface area contributed by atoms with Gasteiger partial charge in [0.05, 0.1) is 29.6 Å². The minimum Gasteiger partial charge on any atom is -0.508 e. The van der Waals surface area contributed by atoms with Crippen LogP contribution in [0.15, 0.2) is 35.9 Å². The van der Waals surface area contributed by atoms with E-state index >= 15 is 0 Å². The fourth-order valence-corrected chi connectivity index (χ4v) is 10.5. The average molecular weight is 657 g/mol. The Balaban J connectivity index is 1.65. The summed E-state index contributed by atoms with van der Waals surface area (Å²) in [6, 6.07) is 5.29. The number of benzene rings is 1. The predicted molar refractivity (Wildman–Crippen MR) is 156 cm³/mol. The van der Waals surface area contributed by atoms with Gasteiger partial charge in [-0.15, -0.1) is 0 Å². The van der Waals surface area contributed by atoms with E-state index in [-0.39, 0.29) is 43.4 Å². The summed E-state index contributed by atoms with van der Waals surface area (Å²) in [5, 5.41) is 35.1. The third-order valence-corrected chi connectivity index (χ3v) is 12.3. The highest BCUT2D eigenvalue weighted by molar-refractivity contribution is 7.86. The highest BCUT2D eigenvalue weighted by Crippen LogP contribution is 2.71. The molecule has 14 heteroatoms. The molecule has 1 aromatic carbocycles. The molecule has 0 radical (unpaired) electrons. The van der Waals surface area contributed by atoms with Gasteiger partial charge in [0.25, 0.3) is 20.2 Å². The predicted octanol–water partition coefficient (Wildman–Crippen LogP) is 2.37. The van der Waals surface area contributed by atoms with Crippen molar-refractivity contribution in [3.63, 3.8) is 0 Å². The zero-order valence-electron chi connectivity index (χ0n) is 25.4. The number of hydrogen-bond acceptors (Lipinski definition) is 12. The maximum Gasteiger partial charge on any atom is 0.338 e. The first-order valence-corrected chi connectivity index (χ1v) is 18.2. The molecule has 3 fully saturated rings. The standard InChI is InChI=1S/C30H40O12S2/c1-18(31)29(42-44(5,38)39)14-15-30(35)27(29,3)24(40-25(33)19-6-8-21(32)9-7-19)17-23-26(2)12-11-22(41-43(4,36)37)16-20(26)10-13-28(23,30)34/h6-10,22-24,32,34-35H,11-17H2,1-5H3/t22-,23+,24+,26-,27+,28-,29+,30+/m0/s1. The Morgan fingerprint density at radius 2 is 1.59 bits per heavy atom. The van der Waals surface area contributed by atoms with Crippen LogP contribution in [0.3, 0.4) is 0 Å². The number of ether oxygens (including phenoxy) is 1. The number of Topliss-reactive ketones (excluding diaryl/α,β-unsaturated/α-hetero) is 1. The molecule has 4 aliphatic carbocycles. The highest BCUT2D eigenvalue weighted by Gasteiger charge is 2.82. The van der Waals surface area contributed by atoms with E-state index < -0.39 is 77.7 Å². The van der Waals surface area contributed by atoms with Crippen molar-refractivity contribution in [1.82, 2.24) is 0 Å². The Labute approximate surface area is 257 Å². The Kier molecular flexibility index (Phi) is 7.75. The van der Waals surface area contributed by atoms with E-state index in [1.807, 2.05) is 6.92 Å². The van der Waals surface area contributed by atoms with Crippen LogP contribution in [0.2, 0.25) is 0 Å². The third-order valence-electron chi connectivity index (χ3n) is 11.0. The lowest BCUT2D eigenvalue weighted by molar-refractivity contribution is -0.309. The van der Waals surface area contributed by atoms with Crippen molar-refractivity contribution in [2.75, 3.05) is 12.5 Å². The van der Waals surface area contributed by atoms with Crippen molar-refractivity contribution in [1.29, 1.82) is 0 Å². The second-order valence-corrected chi connectivity index (χ2v) is 16.6. The monoisotopic (exact) mass is 656 g/mol. The second-order valence-electron chi connectivity index (χ2n) is 13.4. The van der Waals surface area contributed by atoms with Crippen LogP contribution >= 0.6 is 0 Å². The Morgan fingerprint density at radius 3 is 2.16 bits per heavy atom. The van der Waals surface area contributed by atoms with E-state index in [1.54, 1.807) is 6.08 Å². The molecule has 0 aromatic heterocycles. The molecule has 3 N–H and O–H groups in total. The zero-order chi connectivity index (χ0) is 32.7. The normalized spacial score (nSPS) is 40.2. The van der Waals surface area contributed by atoms with Gasteiger partial charge < -0.3 is 20.1 Å². The first-order chi connectivity index (χ1) is 20.1. The lowest BCUT2D eigenvalue weighted by Gasteiger charge is -2.67. The van der Waals surface area contributed by atoms with Gasteiger partial charge >= 0.3 is 5.97 Å². The lowest BCUT2D eigenvalue weighted by Crippen LogP contribution is -2.78. The number of phenols is 1. The van der Waals surface area contributed by atoms with Crippen molar-refractivity contribution >= 4 is 32.0 Å². The molecule has 8 atom stereocenters. The van der Waals surface area contributed by atoms with E-state index in [9.17, 15) is 41.7 Å². The Bertz CT molecular complexity index is 1620. The lowest BCUT2D eigenvalue weighted by atomic mass is 9.42. The van der Waals surface area contributed by atoms with Crippen molar-refractivity contribution < 1.29 is 54.8 Å². The second kappa shape index (κ2) is 10.3. The van der Waals surface area contributed by atoms with Crippen molar-refractivity contribution in [2.24, 2.45) is 16.7 Å². The molecule has 12 nitrogen and oxygen atoms in total. The molecule has 0 unspecified atom stereocenters. The van der Waals surface area contributed by atoms with Crippen LogP contribution in [0.1, 0.15) is 76.1 Å². The Hall–Kier alpha value is -2.36. The van der Waals surface area contributed by atoms with Crippen LogP contribution in [0.4, 0.5) is 0 Å². The molecular formula is C30H40O12S2. The summed E-state index contributed by atoms with van der Waals surface area (Å²) in [6.45, 7) is 4.50. The molecule has 4 aliphatic rings. The SMILES string of the molecule is CC(=O)[C@]1(OS(C)(=O)=O)CC[C@@]2(O)[C@]1(C)[C@H](OC(=O)c1ccc(O)cc1)C[C@@H]1[C@@]3(C)CC[C@H](OS(C)(=O)=O)CC3=CC[C@]12O. The van der Waals surface area contributed by atoms with Gasteiger partial charge in [-0.3, -0.25) is 13.2 Å². The van der Waals surface area contributed by atoms with Crippen molar-refractivity contribution in [3.05, 3.63) is 41.5 Å². The quantitative estimate of drug-likeness (QED) is 0.221. The van der Waals surface area contributed by atoms with Crippen molar-refractivity contribution in [3.8, 4) is 5.75 Å². The molecular weight excluding hydrogens is 616 g/mol. The van der Waals surface area contributed by atoms with Gasteiger partial charge in [-0.2, -0.15) is 16.8 Å². The van der Waals surface area contributed by atoms with Crippen LogP contribution < -0.4 is 0 Å². The first-order valence-electron chi connectivity index (χ1n) is 14.6. The fourth-order valence-electron chi connectivity index (χ4n) is 8.91. The van der Waals surface area contributed by atoms with Gasteiger partial charge in [-0.25, -0.2) is 4.79 Å². The number of ketones is 1. The molecule has 244 valence electrons.